The highest BCUT2D eigenvalue weighted by molar-refractivity contribution is 7.10. The molecule has 2 aromatic rings. The zero-order chi connectivity index (χ0) is 9.10. The van der Waals surface area contributed by atoms with Crippen molar-refractivity contribution in [2.24, 2.45) is 5.73 Å². The lowest BCUT2D eigenvalue weighted by molar-refractivity contribution is 0.847. The fourth-order valence-corrected chi connectivity index (χ4v) is 1.91. The molecule has 0 spiro atoms. The summed E-state index contributed by atoms with van der Waals surface area (Å²) in [5.41, 5.74) is 6.93. The summed E-state index contributed by atoms with van der Waals surface area (Å²) in [7, 11) is 0. The van der Waals surface area contributed by atoms with E-state index in [2.05, 4.69) is 4.98 Å². The van der Waals surface area contributed by atoms with Gasteiger partial charge in [-0.25, -0.2) is 0 Å². The van der Waals surface area contributed by atoms with E-state index < -0.39 is 0 Å². The van der Waals surface area contributed by atoms with Crippen molar-refractivity contribution in [3.63, 3.8) is 0 Å². The van der Waals surface area contributed by atoms with Crippen molar-refractivity contribution >= 4 is 11.3 Å². The number of aromatic nitrogens is 1. The molecule has 2 nitrogen and oxygen atoms in total. The van der Waals surface area contributed by atoms with Gasteiger partial charge >= 0.3 is 0 Å². The van der Waals surface area contributed by atoms with Crippen molar-refractivity contribution < 1.29 is 0 Å². The lowest BCUT2D eigenvalue weighted by Gasteiger charge is -2.07. The van der Waals surface area contributed by atoms with Gasteiger partial charge in [0.1, 0.15) is 0 Å². The fraction of sp³-hybridized carbons (Fsp3) is 0.100. The summed E-state index contributed by atoms with van der Waals surface area (Å²) < 4.78 is 0. The molecule has 2 N–H and O–H groups in total. The molecule has 2 rings (SSSR count). The van der Waals surface area contributed by atoms with Crippen molar-refractivity contribution in [1.29, 1.82) is 0 Å². The SMILES string of the molecule is N[C@H](c1ccccn1)c1cccs1. The molecule has 66 valence electrons. The molecule has 2 aromatic heterocycles. The number of hydrogen-bond donors (Lipinski definition) is 1. The second-order valence-electron chi connectivity index (χ2n) is 2.75. The first-order valence-electron chi connectivity index (χ1n) is 4.08. The minimum absolute atomic E-state index is 0.0822. The van der Waals surface area contributed by atoms with E-state index in [0.717, 1.165) is 10.6 Å². The zero-order valence-electron chi connectivity index (χ0n) is 7.05. The Balaban J connectivity index is 2.29. The number of thiophene rings is 1. The molecule has 0 unspecified atom stereocenters. The summed E-state index contributed by atoms with van der Waals surface area (Å²) in [4.78, 5) is 5.37. The average molecular weight is 190 g/mol. The molecule has 0 aliphatic carbocycles. The highest BCUT2D eigenvalue weighted by Gasteiger charge is 2.09. The van der Waals surface area contributed by atoms with Crippen LogP contribution in [-0.2, 0) is 0 Å². The van der Waals surface area contributed by atoms with Gasteiger partial charge in [0, 0.05) is 11.1 Å². The van der Waals surface area contributed by atoms with Crippen LogP contribution in [0.1, 0.15) is 16.6 Å². The van der Waals surface area contributed by atoms with Crippen LogP contribution in [0.3, 0.4) is 0 Å². The lowest BCUT2D eigenvalue weighted by Crippen LogP contribution is -2.11. The molecule has 0 radical (unpaired) electrons. The Bertz CT molecular complexity index is 356. The first kappa shape index (κ1) is 8.41. The van der Waals surface area contributed by atoms with Crippen molar-refractivity contribution in [3.8, 4) is 0 Å². The largest absolute Gasteiger partial charge is 0.318 e. The zero-order valence-corrected chi connectivity index (χ0v) is 7.87. The predicted molar refractivity (Wildman–Crippen MR) is 54.6 cm³/mol. The van der Waals surface area contributed by atoms with Gasteiger partial charge < -0.3 is 5.73 Å². The van der Waals surface area contributed by atoms with Gasteiger partial charge in [0.15, 0.2) is 0 Å². The Morgan fingerprint density at radius 3 is 2.77 bits per heavy atom. The summed E-state index contributed by atoms with van der Waals surface area (Å²) in [6.45, 7) is 0. The van der Waals surface area contributed by atoms with E-state index in [9.17, 15) is 0 Å². The van der Waals surface area contributed by atoms with Crippen LogP contribution in [0.15, 0.2) is 41.9 Å². The summed E-state index contributed by atoms with van der Waals surface area (Å²) in [6.07, 6.45) is 1.77. The maximum Gasteiger partial charge on any atom is 0.0820 e. The normalized spacial score (nSPS) is 12.7. The minimum atomic E-state index is -0.0822. The molecule has 0 bridgehead atoms. The molecule has 0 fully saturated rings. The smallest absolute Gasteiger partial charge is 0.0820 e. The Morgan fingerprint density at radius 1 is 1.23 bits per heavy atom. The molecule has 3 heteroatoms. The van der Waals surface area contributed by atoms with E-state index in [4.69, 9.17) is 5.73 Å². The monoisotopic (exact) mass is 190 g/mol. The van der Waals surface area contributed by atoms with Crippen LogP contribution in [-0.4, -0.2) is 4.98 Å². The summed E-state index contributed by atoms with van der Waals surface area (Å²) in [5.74, 6) is 0. The third-order valence-electron chi connectivity index (χ3n) is 1.86. The van der Waals surface area contributed by atoms with Crippen molar-refractivity contribution in [2.45, 2.75) is 6.04 Å². The van der Waals surface area contributed by atoms with E-state index in [1.807, 2.05) is 35.7 Å². The molecular formula is C10H10N2S. The molecule has 2 heterocycles. The second-order valence-corrected chi connectivity index (χ2v) is 3.73. The molecule has 0 aromatic carbocycles. The summed E-state index contributed by atoms with van der Waals surface area (Å²) >= 11 is 1.66. The maximum absolute atomic E-state index is 6.01. The summed E-state index contributed by atoms with van der Waals surface area (Å²) in [5, 5.41) is 2.03. The van der Waals surface area contributed by atoms with E-state index >= 15 is 0 Å². The molecule has 0 saturated carbocycles. The highest BCUT2D eigenvalue weighted by Crippen LogP contribution is 2.21. The maximum atomic E-state index is 6.01. The molecule has 0 aliphatic rings. The van der Waals surface area contributed by atoms with Gasteiger partial charge in [0.2, 0.25) is 0 Å². The topological polar surface area (TPSA) is 38.9 Å². The first-order chi connectivity index (χ1) is 6.38. The van der Waals surface area contributed by atoms with Gasteiger partial charge in [-0.1, -0.05) is 12.1 Å². The average Bonchev–Trinajstić information content (AvgIpc) is 2.71. The van der Waals surface area contributed by atoms with Gasteiger partial charge in [-0.2, -0.15) is 0 Å². The molecule has 0 aliphatic heterocycles. The number of pyridine rings is 1. The van der Waals surface area contributed by atoms with Gasteiger partial charge in [0.05, 0.1) is 11.7 Å². The molecule has 0 amide bonds. The van der Waals surface area contributed by atoms with Crippen LogP contribution in [0.4, 0.5) is 0 Å². The Morgan fingerprint density at radius 2 is 2.15 bits per heavy atom. The van der Waals surface area contributed by atoms with Crippen LogP contribution in [0.25, 0.3) is 0 Å². The van der Waals surface area contributed by atoms with Crippen LogP contribution in [0, 0.1) is 0 Å². The van der Waals surface area contributed by atoms with Crippen LogP contribution in [0.5, 0.6) is 0 Å². The number of rotatable bonds is 2. The Labute approximate surface area is 81.1 Å². The molecule has 0 saturated heterocycles. The van der Waals surface area contributed by atoms with E-state index in [1.54, 1.807) is 17.5 Å². The van der Waals surface area contributed by atoms with Crippen molar-refractivity contribution in [1.82, 2.24) is 4.98 Å². The van der Waals surface area contributed by atoms with Gasteiger partial charge in [-0.3, -0.25) is 4.98 Å². The number of nitrogens with zero attached hydrogens (tertiary/aromatic N) is 1. The van der Waals surface area contributed by atoms with Crippen LogP contribution < -0.4 is 5.73 Å². The van der Waals surface area contributed by atoms with Crippen molar-refractivity contribution in [2.75, 3.05) is 0 Å². The minimum Gasteiger partial charge on any atom is -0.318 e. The molecular weight excluding hydrogens is 180 g/mol. The molecule has 1 atom stereocenters. The number of nitrogens with two attached hydrogens (primary N) is 1. The standard InChI is InChI=1S/C10H10N2S/c11-10(9-5-3-7-13-9)8-4-1-2-6-12-8/h1-7,10H,11H2/t10-/m1/s1. The third-order valence-corrected chi connectivity index (χ3v) is 2.81. The van der Waals surface area contributed by atoms with Gasteiger partial charge in [0.25, 0.3) is 0 Å². The Kier molecular flexibility index (Phi) is 2.38. The van der Waals surface area contributed by atoms with E-state index in [0.29, 0.717) is 0 Å². The fourth-order valence-electron chi connectivity index (χ4n) is 1.17. The van der Waals surface area contributed by atoms with Crippen LogP contribution >= 0.6 is 11.3 Å². The highest BCUT2D eigenvalue weighted by atomic mass is 32.1. The summed E-state index contributed by atoms with van der Waals surface area (Å²) in [6, 6.07) is 9.75. The predicted octanol–water partition coefficient (Wildman–Crippen LogP) is 2.19. The van der Waals surface area contributed by atoms with Gasteiger partial charge in [-0.05, 0) is 23.6 Å². The van der Waals surface area contributed by atoms with E-state index in [1.165, 1.54) is 0 Å². The first-order valence-corrected chi connectivity index (χ1v) is 4.96. The quantitative estimate of drug-likeness (QED) is 0.788. The number of hydrogen-bond acceptors (Lipinski definition) is 3. The second kappa shape index (κ2) is 3.68. The lowest BCUT2D eigenvalue weighted by atomic mass is 10.2. The van der Waals surface area contributed by atoms with Crippen LogP contribution in [0.2, 0.25) is 0 Å². The Hall–Kier alpha value is -1.19. The molecule has 13 heavy (non-hydrogen) atoms. The van der Waals surface area contributed by atoms with E-state index in [-0.39, 0.29) is 6.04 Å². The van der Waals surface area contributed by atoms with Gasteiger partial charge in [-0.15, -0.1) is 11.3 Å². The van der Waals surface area contributed by atoms with Crippen molar-refractivity contribution in [3.05, 3.63) is 52.5 Å². The third kappa shape index (κ3) is 1.76.